The Bertz CT molecular complexity index is 560. The van der Waals surface area contributed by atoms with Crippen molar-refractivity contribution in [2.45, 2.75) is 31.7 Å². The summed E-state index contributed by atoms with van der Waals surface area (Å²) >= 11 is 11.9. The lowest BCUT2D eigenvalue weighted by Crippen LogP contribution is -2.45. The van der Waals surface area contributed by atoms with Gasteiger partial charge >= 0.3 is 5.97 Å². The summed E-state index contributed by atoms with van der Waals surface area (Å²) in [6.45, 7) is 1.42. The number of rotatable bonds is 5. The van der Waals surface area contributed by atoms with Gasteiger partial charge in [-0.2, -0.15) is 0 Å². The van der Waals surface area contributed by atoms with E-state index in [4.69, 9.17) is 23.2 Å². The highest BCUT2D eigenvalue weighted by atomic mass is 35.5. The number of hydrogen-bond donors (Lipinski definition) is 2. The monoisotopic (exact) mass is 344 g/mol. The first kappa shape index (κ1) is 17.1. The van der Waals surface area contributed by atoms with Gasteiger partial charge in [-0.05, 0) is 38.1 Å². The molecule has 0 aromatic heterocycles. The number of nitrogens with zero attached hydrogens (tertiary/aromatic N) is 1. The van der Waals surface area contributed by atoms with Crippen LogP contribution in [0.3, 0.4) is 0 Å². The van der Waals surface area contributed by atoms with Gasteiger partial charge in [0.15, 0.2) is 0 Å². The van der Waals surface area contributed by atoms with Crippen molar-refractivity contribution in [2.75, 3.05) is 18.4 Å². The lowest BCUT2D eigenvalue weighted by molar-refractivity contribution is -0.145. The minimum atomic E-state index is -0.978. The molecule has 1 heterocycles. The standard InChI is InChI=1S/C15H18Cl2N2O3/c16-10-5-4-6-11(14(10)17)18-13(20)9-12(15(21)22)19-7-2-1-3-8-19/h4-6,12H,1-3,7-9H2,(H,18,20)(H,21,22). The zero-order chi connectivity index (χ0) is 16.1. The lowest BCUT2D eigenvalue weighted by atomic mass is 10.1. The lowest BCUT2D eigenvalue weighted by Gasteiger charge is -2.31. The van der Waals surface area contributed by atoms with Crippen LogP contribution in [-0.2, 0) is 9.59 Å². The molecule has 7 heteroatoms. The first-order valence-electron chi connectivity index (χ1n) is 7.19. The number of carboxylic acid groups (broad SMARTS) is 1. The van der Waals surface area contributed by atoms with Crippen LogP contribution in [-0.4, -0.2) is 41.0 Å². The summed E-state index contributed by atoms with van der Waals surface area (Å²) < 4.78 is 0. The third-order valence-corrected chi connectivity index (χ3v) is 4.54. The minimum Gasteiger partial charge on any atom is -0.480 e. The van der Waals surface area contributed by atoms with E-state index in [1.54, 1.807) is 18.2 Å². The molecule has 0 spiro atoms. The van der Waals surface area contributed by atoms with E-state index in [1.807, 2.05) is 4.90 Å². The second-order valence-corrected chi connectivity index (χ2v) is 6.09. The van der Waals surface area contributed by atoms with E-state index in [0.717, 1.165) is 19.3 Å². The largest absolute Gasteiger partial charge is 0.480 e. The fourth-order valence-corrected chi connectivity index (χ4v) is 2.93. The van der Waals surface area contributed by atoms with E-state index in [1.165, 1.54) is 0 Å². The zero-order valence-corrected chi connectivity index (χ0v) is 13.5. The van der Waals surface area contributed by atoms with Gasteiger partial charge in [-0.25, -0.2) is 0 Å². The molecular formula is C15H18Cl2N2O3. The Morgan fingerprint density at radius 1 is 1.23 bits per heavy atom. The van der Waals surface area contributed by atoms with Crippen molar-refractivity contribution in [1.29, 1.82) is 0 Å². The normalized spacial score (nSPS) is 17.0. The minimum absolute atomic E-state index is 0.113. The number of halogens is 2. The first-order valence-corrected chi connectivity index (χ1v) is 7.95. The van der Waals surface area contributed by atoms with Gasteiger partial charge in [0.05, 0.1) is 22.2 Å². The number of benzene rings is 1. The van der Waals surface area contributed by atoms with Gasteiger partial charge in [-0.3, -0.25) is 14.5 Å². The third-order valence-electron chi connectivity index (χ3n) is 3.72. The van der Waals surface area contributed by atoms with Crippen LogP contribution in [0.1, 0.15) is 25.7 Å². The van der Waals surface area contributed by atoms with E-state index in [2.05, 4.69) is 5.32 Å². The summed E-state index contributed by atoms with van der Waals surface area (Å²) in [6, 6.07) is 4.11. The Kier molecular flexibility index (Phi) is 6.06. The average Bonchev–Trinajstić information content (AvgIpc) is 2.50. The van der Waals surface area contributed by atoms with Crippen LogP contribution in [0.5, 0.6) is 0 Å². The molecule has 5 nitrogen and oxygen atoms in total. The smallest absolute Gasteiger partial charge is 0.321 e. The molecule has 0 saturated carbocycles. The van der Waals surface area contributed by atoms with Crippen molar-refractivity contribution in [3.63, 3.8) is 0 Å². The second-order valence-electron chi connectivity index (χ2n) is 5.30. The molecule has 1 fully saturated rings. The maximum atomic E-state index is 12.1. The highest BCUT2D eigenvalue weighted by molar-refractivity contribution is 6.43. The number of amides is 1. The van der Waals surface area contributed by atoms with Crippen molar-refractivity contribution in [2.24, 2.45) is 0 Å². The Morgan fingerprint density at radius 2 is 1.91 bits per heavy atom. The molecule has 120 valence electrons. The summed E-state index contributed by atoms with van der Waals surface area (Å²) in [5.74, 6) is -1.36. The molecule has 0 radical (unpaired) electrons. The summed E-state index contributed by atoms with van der Waals surface area (Å²) in [4.78, 5) is 25.4. The molecule has 22 heavy (non-hydrogen) atoms. The fraction of sp³-hybridized carbons (Fsp3) is 0.467. The summed E-state index contributed by atoms with van der Waals surface area (Å²) in [7, 11) is 0. The van der Waals surface area contributed by atoms with E-state index in [-0.39, 0.29) is 17.4 Å². The molecule has 1 amide bonds. The van der Waals surface area contributed by atoms with Crippen molar-refractivity contribution >= 4 is 40.8 Å². The number of carboxylic acids is 1. The van der Waals surface area contributed by atoms with E-state index in [0.29, 0.717) is 23.8 Å². The van der Waals surface area contributed by atoms with Crippen LogP contribution in [0.4, 0.5) is 5.69 Å². The number of hydrogen-bond acceptors (Lipinski definition) is 3. The molecule has 1 unspecified atom stereocenters. The number of carbonyl (C=O) groups is 2. The van der Waals surface area contributed by atoms with E-state index >= 15 is 0 Å². The van der Waals surface area contributed by atoms with Crippen molar-refractivity contribution < 1.29 is 14.7 Å². The van der Waals surface area contributed by atoms with Gasteiger partial charge in [-0.1, -0.05) is 35.7 Å². The molecule has 1 atom stereocenters. The van der Waals surface area contributed by atoms with Gasteiger partial charge in [0, 0.05) is 0 Å². The average molecular weight is 345 g/mol. The van der Waals surface area contributed by atoms with Crippen LogP contribution < -0.4 is 5.32 Å². The molecule has 1 aliphatic heterocycles. The third kappa shape index (κ3) is 4.35. The van der Waals surface area contributed by atoms with Gasteiger partial charge < -0.3 is 10.4 Å². The topological polar surface area (TPSA) is 69.6 Å². The molecule has 1 aromatic carbocycles. The first-order chi connectivity index (χ1) is 10.5. The number of carbonyl (C=O) groups excluding carboxylic acids is 1. The number of piperidine rings is 1. The predicted octanol–water partition coefficient (Wildman–Crippen LogP) is 3.26. The van der Waals surface area contributed by atoms with Gasteiger partial charge in [0.2, 0.25) is 5.91 Å². The van der Waals surface area contributed by atoms with Crippen molar-refractivity contribution in [1.82, 2.24) is 4.90 Å². The molecule has 0 aliphatic carbocycles. The van der Waals surface area contributed by atoms with E-state index in [9.17, 15) is 14.7 Å². The maximum absolute atomic E-state index is 12.1. The Balaban J connectivity index is 2.02. The molecular weight excluding hydrogens is 327 g/mol. The van der Waals surface area contributed by atoms with Gasteiger partial charge in [0.1, 0.15) is 6.04 Å². The fourth-order valence-electron chi connectivity index (χ4n) is 2.58. The van der Waals surface area contributed by atoms with Crippen molar-refractivity contribution in [3.8, 4) is 0 Å². The quantitative estimate of drug-likeness (QED) is 0.859. The summed E-state index contributed by atoms with van der Waals surface area (Å²) in [5, 5.41) is 12.6. The SMILES string of the molecule is O=C(CC(C(=O)O)N1CCCCC1)Nc1cccc(Cl)c1Cl. The van der Waals surface area contributed by atoms with Crippen LogP contribution >= 0.6 is 23.2 Å². The Labute approximate surface area is 139 Å². The van der Waals surface area contributed by atoms with Crippen molar-refractivity contribution in [3.05, 3.63) is 28.2 Å². The molecule has 0 bridgehead atoms. The molecule has 2 N–H and O–H groups in total. The number of aliphatic carboxylic acids is 1. The van der Waals surface area contributed by atoms with Gasteiger partial charge in [0.25, 0.3) is 0 Å². The van der Waals surface area contributed by atoms with Crippen LogP contribution in [0.2, 0.25) is 10.0 Å². The number of anilines is 1. The Hall–Kier alpha value is -1.30. The van der Waals surface area contributed by atoms with E-state index < -0.39 is 12.0 Å². The van der Waals surface area contributed by atoms with Gasteiger partial charge in [-0.15, -0.1) is 0 Å². The van der Waals surface area contributed by atoms with Crippen LogP contribution in [0, 0.1) is 0 Å². The maximum Gasteiger partial charge on any atom is 0.321 e. The van der Waals surface area contributed by atoms with Crippen LogP contribution in [0.15, 0.2) is 18.2 Å². The molecule has 1 aromatic rings. The molecule has 1 saturated heterocycles. The summed E-state index contributed by atoms with van der Waals surface area (Å²) in [5.41, 5.74) is 0.391. The Morgan fingerprint density at radius 3 is 2.55 bits per heavy atom. The number of likely N-dealkylation sites (tertiary alicyclic amines) is 1. The zero-order valence-electron chi connectivity index (χ0n) is 12.0. The second kappa shape index (κ2) is 7.81. The highest BCUT2D eigenvalue weighted by Crippen LogP contribution is 2.29. The predicted molar refractivity (Wildman–Crippen MR) is 86.6 cm³/mol. The molecule has 2 rings (SSSR count). The summed E-state index contributed by atoms with van der Waals surface area (Å²) in [6.07, 6.45) is 2.92. The molecule has 1 aliphatic rings. The van der Waals surface area contributed by atoms with Crippen LogP contribution in [0.25, 0.3) is 0 Å². The number of nitrogens with one attached hydrogen (secondary N) is 1. The highest BCUT2D eigenvalue weighted by Gasteiger charge is 2.29.